The molecular formula is C29H39N3O4. The van der Waals surface area contributed by atoms with Crippen LogP contribution in [0, 0.1) is 11.8 Å². The summed E-state index contributed by atoms with van der Waals surface area (Å²) in [6, 6.07) is 10.4. The Hall–Kier alpha value is -2.77. The molecule has 1 saturated heterocycles. The summed E-state index contributed by atoms with van der Waals surface area (Å²) >= 11 is 0. The fraction of sp³-hybridized carbons (Fsp3) is 0.552. The summed E-state index contributed by atoms with van der Waals surface area (Å²) in [5, 5.41) is 5.19. The van der Waals surface area contributed by atoms with E-state index in [1.54, 1.807) is 21.3 Å². The number of hydrogen-bond acceptors (Lipinski definition) is 6. The molecule has 1 saturated carbocycles. The van der Waals surface area contributed by atoms with Crippen LogP contribution in [0.2, 0.25) is 0 Å². The fourth-order valence-corrected chi connectivity index (χ4v) is 5.47. The van der Waals surface area contributed by atoms with Gasteiger partial charge < -0.3 is 23.8 Å². The molecule has 2 fully saturated rings. The normalized spacial score (nSPS) is 16.4. The molecule has 1 aliphatic carbocycles. The molecule has 0 radical (unpaired) electrons. The Morgan fingerprint density at radius 3 is 2.39 bits per heavy atom. The van der Waals surface area contributed by atoms with Crippen LogP contribution in [0.1, 0.15) is 43.9 Å². The average Bonchev–Trinajstić information content (AvgIpc) is 3.65. The third-order valence-corrected chi connectivity index (χ3v) is 7.52. The van der Waals surface area contributed by atoms with Gasteiger partial charge in [-0.05, 0) is 67.7 Å². The summed E-state index contributed by atoms with van der Waals surface area (Å²) in [5.41, 5.74) is 6.58. The van der Waals surface area contributed by atoms with Gasteiger partial charge in [0.2, 0.25) is 0 Å². The van der Waals surface area contributed by atoms with Crippen LogP contribution in [0.5, 0.6) is 11.5 Å². The van der Waals surface area contributed by atoms with Crippen molar-refractivity contribution in [3.05, 3.63) is 41.6 Å². The van der Waals surface area contributed by atoms with E-state index >= 15 is 0 Å². The molecule has 36 heavy (non-hydrogen) atoms. The standard InChI is InChI=1S/C29H39N3O4/c1-5-24-29(31(17-20-9-10-20)18-21-11-13-36-14-12-21)26-8-6-7-25(32(26)30-24)28-22(19-33-2)15-23(34-3)16-27(28)35-4/h6-8,15-16,20-21H,5,9-14,17-19H2,1-4H3. The van der Waals surface area contributed by atoms with E-state index in [-0.39, 0.29) is 0 Å². The second-order valence-electron chi connectivity index (χ2n) is 10.1. The van der Waals surface area contributed by atoms with Crippen molar-refractivity contribution in [1.82, 2.24) is 9.61 Å². The minimum atomic E-state index is 0.450. The maximum atomic E-state index is 5.85. The number of rotatable bonds is 11. The van der Waals surface area contributed by atoms with Crippen molar-refractivity contribution in [1.29, 1.82) is 0 Å². The molecule has 1 aliphatic heterocycles. The van der Waals surface area contributed by atoms with E-state index in [0.717, 1.165) is 91.0 Å². The molecule has 194 valence electrons. The lowest BCUT2D eigenvalue weighted by atomic mass is 9.99. The lowest BCUT2D eigenvalue weighted by Crippen LogP contribution is -2.34. The Morgan fingerprint density at radius 2 is 1.75 bits per heavy atom. The second kappa shape index (κ2) is 11.1. The van der Waals surface area contributed by atoms with Crippen molar-refractivity contribution >= 4 is 11.2 Å². The fourth-order valence-electron chi connectivity index (χ4n) is 5.47. The molecule has 2 aliphatic rings. The number of pyridine rings is 1. The number of hydrogen-bond donors (Lipinski definition) is 0. The first-order valence-corrected chi connectivity index (χ1v) is 13.2. The average molecular weight is 494 g/mol. The van der Waals surface area contributed by atoms with Gasteiger partial charge in [-0.2, -0.15) is 5.10 Å². The van der Waals surface area contributed by atoms with Crippen molar-refractivity contribution in [2.45, 2.75) is 45.6 Å². The van der Waals surface area contributed by atoms with Gasteiger partial charge in [0.25, 0.3) is 0 Å². The van der Waals surface area contributed by atoms with Crippen LogP contribution in [-0.4, -0.2) is 57.2 Å². The van der Waals surface area contributed by atoms with Crippen LogP contribution in [-0.2, 0) is 22.5 Å². The smallest absolute Gasteiger partial charge is 0.132 e. The van der Waals surface area contributed by atoms with Gasteiger partial charge in [-0.15, -0.1) is 0 Å². The third-order valence-electron chi connectivity index (χ3n) is 7.52. The summed E-state index contributed by atoms with van der Waals surface area (Å²) in [5.74, 6) is 2.95. The Kier molecular flexibility index (Phi) is 7.67. The molecule has 0 spiro atoms. The van der Waals surface area contributed by atoms with Crippen LogP contribution in [0.4, 0.5) is 5.69 Å². The molecule has 7 nitrogen and oxygen atoms in total. The van der Waals surface area contributed by atoms with Crippen molar-refractivity contribution in [2.75, 3.05) is 52.5 Å². The number of nitrogens with zero attached hydrogens (tertiary/aromatic N) is 3. The van der Waals surface area contributed by atoms with Crippen LogP contribution in [0.15, 0.2) is 30.3 Å². The van der Waals surface area contributed by atoms with Gasteiger partial charge in [0.1, 0.15) is 11.5 Å². The van der Waals surface area contributed by atoms with Gasteiger partial charge in [0.05, 0.1) is 43.4 Å². The van der Waals surface area contributed by atoms with Gasteiger partial charge >= 0.3 is 0 Å². The first kappa shape index (κ1) is 24.9. The minimum absolute atomic E-state index is 0.450. The highest BCUT2D eigenvalue weighted by Crippen LogP contribution is 2.41. The van der Waals surface area contributed by atoms with E-state index in [2.05, 4.69) is 34.5 Å². The maximum absolute atomic E-state index is 5.85. The highest BCUT2D eigenvalue weighted by molar-refractivity contribution is 5.82. The zero-order chi connectivity index (χ0) is 25.1. The molecule has 7 heteroatoms. The van der Waals surface area contributed by atoms with Gasteiger partial charge in [-0.1, -0.05) is 13.0 Å². The molecule has 0 amide bonds. The summed E-state index contributed by atoms with van der Waals surface area (Å²) in [4.78, 5) is 2.64. The Morgan fingerprint density at radius 1 is 1.00 bits per heavy atom. The van der Waals surface area contributed by atoms with Gasteiger partial charge in [0.15, 0.2) is 0 Å². The number of ether oxygens (including phenoxy) is 4. The van der Waals surface area contributed by atoms with Crippen molar-refractivity contribution in [3.8, 4) is 22.8 Å². The second-order valence-corrected chi connectivity index (χ2v) is 10.1. The topological polar surface area (TPSA) is 57.5 Å². The summed E-state index contributed by atoms with van der Waals surface area (Å²) < 4.78 is 24.7. The number of aryl methyl sites for hydroxylation is 1. The monoisotopic (exact) mass is 493 g/mol. The highest BCUT2D eigenvalue weighted by atomic mass is 16.5. The van der Waals surface area contributed by atoms with E-state index in [0.29, 0.717) is 12.5 Å². The van der Waals surface area contributed by atoms with Gasteiger partial charge in [-0.3, -0.25) is 0 Å². The number of methoxy groups -OCH3 is 3. The Balaban J connectivity index is 1.64. The molecule has 0 unspecified atom stereocenters. The first-order chi connectivity index (χ1) is 17.7. The van der Waals surface area contributed by atoms with Crippen LogP contribution >= 0.6 is 0 Å². The van der Waals surface area contributed by atoms with E-state index in [4.69, 9.17) is 24.0 Å². The molecule has 5 rings (SSSR count). The van der Waals surface area contributed by atoms with E-state index in [1.807, 2.05) is 12.1 Å². The van der Waals surface area contributed by atoms with E-state index in [1.165, 1.54) is 18.5 Å². The third kappa shape index (κ3) is 5.04. The Bertz CT molecular complexity index is 1180. The lowest BCUT2D eigenvalue weighted by Gasteiger charge is -2.31. The van der Waals surface area contributed by atoms with E-state index in [9.17, 15) is 0 Å². The summed E-state index contributed by atoms with van der Waals surface area (Å²) in [6.45, 7) is 6.59. The SMILES string of the molecule is CCc1nn2c(-c3c(COC)cc(OC)cc3OC)cccc2c1N(CC1CCOCC1)CC1CC1. The Labute approximate surface area is 214 Å². The van der Waals surface area contributed by atoms with E-state index < -0.39 is 0 Å². The number of aromatic nitrogens is 2. The van der Waals surface area contributed by atoms with Gasteiger partial charge in [0, 0.05) is 45.0 Å². The first-order valence-electron chi connectivity index (χ1n) is 13.2. The molecule has 2 aromatic heterocycles. The molecule has 0 atom stereocenters. The molecule has 1 aromatic carbocycles. The zero-order valence-corrected chi connectivity index (χ0v) is 22.1. The predicted octanol–water partition coefficient (Wildman–Crippen LogP) is 5.37. The number of fused-ring (bicyclic) bond motifs is 1. The molecular weight excluding hydrogens is 454 g/mol. The highest BCUT2D eigenvalue weighted by Gasteiger charge is 2.30. The van der Waals surface area contributed by atoms with Gasteiger partial charge in [-0.25, -0.2) is 4.52 Å². The van der Waals surface area contributed by atoms with Crippen LogP contribution in [0.3, 0.4) is 0 Å². The predicted molar refractivity (Wildman–Crippen MR) is 142 cm³/mol. The lowest BCUT2D eigenvalue weighted by molar-refractivity contribution is 0.0682. The number of anilines is 1. The minimum Gasteiger partial charge on any atom is -0.497 e. The van der Waals surface area contributed by atoms with Crippen molar-refractivity contribution in [3.63, 3.8) is 0 Å². The van der Waals surface area contributed by atoms with Crippen molar-refractivity contribution in [2.24, 2.45) is 11.8 Å². The summed E-state index contributed by atoms with van der Waals surface area (Å²) in [7, 11) is 5.09. The quantitative estimate of drug-likeness (QED) is 0.358. The largest absolute Gasteiger partial charge is 0.497 e. The molecule has 3 heterocycles. The van der Waals surface area contributed by atoms with Crippen LogP contribution in [0.25, 0.3) is 16.8 Å². The number of benzene rings is 1. The molecule has 3 aromatic rings. The van der Waals surface area contributed by atoms with Crippen molar-refractivity contribution < 1.29 is 18.9 Å². The molecule has 0 bridgehead atoms. The van der Waals surface area contributed by atoms with Crippen LogP contribution < -0.4 is 14.4 Å². The zero-order valence-electron chi connectivity index (χ0n) is 22.1. The summed E-state index contributed by atoms with van der Waals surface area (Å²) in [6.07, 6.45) is 5.82. The maximum Gasteiger partial charge on any atom is 0.132 e. The molecule has 0 N–H and O–H groups in total.